The topological polar surface area (TPSA) is 26.0 Å². The van der Waals surface area contributed by atoms with Crippen molar-refractivity contribution in [2.24, 2.45) is 0 Å². The van der Waals surface area contributed by atoms with Crippen LogP contribution in [0.2, 0.25) is 0 Å². The highest BCUT2D eigenvalue weighted by Gasteiger charge is 1.90. The fraction of sp³-hybridized carbons (Fsp3) is 0.200. The predicted molar refractivity (Wildman–Crippen MR) is 50.3 cm³/mol. The smallest absolute Gasteiger partial charge is 0.0322 e. The van der Waals surface area contributed by atoms with E-state index >= 15 is 0 Å². The number of nitrogens with two attached hydrogens (primary N) is 1. The van der Waals surface area contributed by atoms with Crippen LogP contribution in [0, 0.1) is 6.92 Å². The molecule has 0 aliphatic rings. The SMILES string of the molecule is C/C=C/c1cc(C)cc(N)c1. The van der Waals surface area contributed by atoms with E-state index in [0.29, 0.717) is 0 Å². The number of benzene rings is 1. The van der Waals surface area contributed by atoms with E-state index in [1.807, 2.05) is 38.1 Å². The Labute approximate surface area is 67.5 Å². The molecule has 1 aromatic rings. The minimum atomic E-state index is 0.832. The number of anilines is 1. The van der Waals surface area contributed by atoms with E-state index in [0.717, 1.165) is 5.69 Å². The van der Waals surface area contributed by atoms with Gasteiger partial charge >= 0.3 is 0 Å². The third-order valence-electron chi connectivity index (χ3n) is 1.48. The van der Waals surface area contributed by atoms with Gasteiger partial charge in [-0.05, 0) is 37.1 Å². The Kier molecular flexibility index (Phi) is 2.32. The second kappa shape index (κ2) is 3.24. The van der Waals surface area contributed by atoms with Crippen molar-refractivity contribution in [3.8, 4) is 0 Å². The summed E-state index contributed by atoms with van der Waals surface area (Å²) in [5.74, 6) is 0. The molecule has 0 aromatic heterocycles. The summed E-state index contributed by atoms with van der Waals surface area (Å²) in [5.41, 5.74) is 8.87. The summed E-state index contributed by atoms with van der Waals surface area (Å²) in [5, 5.41) is 0. The number of aryl methyl sites for hydroxylation is 1. The van der Waals surface area contributed by atoms with Gasteiger partial charge in [-0.2, -0.15) is 0 Å². The van der Waals surface area contributed by atoms with Gasteiger partial charge in [-0.3, -0.25) is 0 Å². The van der Waals surface area contributed by atoms with Crippen LogP contribution >= 0.6 is 0 Å². The van der Waals surface area contributed by atoms with Crippen LogP contribution in [0.4, 0.5) is 5.69 Å². The Morgan fingerprint density at radius 2 is 2.00 bits per heavy atom. The summed E-state index contributed by atoms with van der Waals surface area (Å²) in [6.45, 7) is 4.04. The zero-order valence-electron chi connectivity index (χ0n) is 6.96. The van der Waals surface area contributed by atoms with Gasteiger partial charge in [-0.25, -0.2) is 0 Å². The van der Waals surface area contributed by atoms with E-state index in [4.69, 9.17) is 5.73 Å². The molecule has 0 atom stereocenters. The lowest BCUT2D eigenvalue weighted by Gasteiger charge is -1.98. The van der Waals surface area contributed by atoms with Crippen molar-refractivity contribution in [2.45, 2.75) is 13.8 Å². The van der Waals surface area contributed by atoms with Gasteiger partial charge < -0.3 is 5.73 Å². The molecule has 0 aliphatic heterocycles. The summed E-state index contributed by atoms with van der Waals surface area (Å²) >= 11 is 0. The van der Waals surface area contributed by atoms with Crippen LogP contribution in [-0.2, 0) is 0 Å². The standard InChI is InChI=1S/C10H13N/c1-3-4-9-5-8(2)6-10(11)7-9/h3-7H,11H2,1-2H3/b4-3+. The van der Waals surface area contributed by atoms with Crippen LogP contribution < -0.4 is 5.73 Å². The second-order valence-electron chi connectivity index (χ2n) is 2.68. The number of hydrogen-bond donors (Lipinski definition) is 1. The molecule has 0 amide bonds. The maximum atomic E-state index is 5.66. The van der Waals surface area contributed by atoms with Crippen molar-refractivity contribution in [3.05, 3.63) is 35.4 Å². The highest BCUT2D eigenvalue weighted by molar-refractivity contribution is 5.57. The third kappa shape index (κ3) is 2.11. The van der Waals surface area contributed by atoms with Crippen molar-refractivity contribution in [2.75, 3.05) is 5.73 Å². The Morgan fingerprint density at radius 3 is 2.55 bits per heavy atom. The van der Waals surface area contributed by atoms with Crippen LogP contribution in [0.3, 0.4) is 0 Å². The second-order valence-corrected chi connectivity index (χ2v) is 2.68. The highest BCUT2D eigenvalue weighted by Crippen LogP contribution is 2.12. The quantitative estimate of drug-likeness (QED) is 0.607. The number of nitrogen functional groups attached to an aromatic ring is 1. The highest BCUT2D eigenvalue weighted by atomic mass is 14.5. The lowest BCUT2D eigenvalue weighted by atomic mass is 10.1. The van der Waals surface area contributed by atoms with E-state index in [-0.39, 0.29) is 0 Å². The average Bonchev–Trinajstić information content (AvgIpc) is 1.85. The molecule has 0 fully saturated rings. The van der Waals surface area contributed by atoms with E-state index < -0.39 is 0 Å². The molecule has 58 valence electrons. The molecule has 0 saturated heterocycles. The first-order chi connectivity index (χ1) is 5.22. The molecular formula is C10H13N. The molecular weight excluding hydrogens is 134 g/mol. The van der Waals surface area contributed by atoms with Crippen molar-refractivity contribution in [3.63, 3.8) is 0 Å². The predicted octanol–water partition coefficient (Wildman–Crippen LogP) is 2.61. The molecule has 0 unspecified atom stereocenters. The van der Waals surface area contributed by atoms with Gasteiger partial charge in [0, 0.05) is 5.69 Å². The van der Waals surface area contributed by atoms with E-state index in [1.165, 1.54) is 11.1 Å². The van der Waals surface area contributed by atoms with Gasteiger partial charge in [0.25, 0.3) is 0 Å². The minimum Gasteiger partial charge on any atom is -0.399 e. The summed E-state index contributed by atoms with van der Waals surface area (Å²) in [4.78, 5) is 0. The number of rotatable bonds is 1. The van der Waals surface area contributed by atoms with E-state index in [2.05, 4.69) is 6.07 Å². The molecule has 0 spiro atoms. The van der Waals surface area contributed by atoms with Crippen molar-refractivity contribution in [1.82, 2.24) is 0 Å². The van der Waals surface area contributed by atoms with Gasteiger partial charge in [0.2, 0.25) is 0 Å². The first kappa shape index (κ1) is 7.86. The fourth-order valence-electron chi connectivity index (χ4n) is 1.13. The molecule has 0 aliphatic carbocycles. The summed E-state index contributed by atoms with van der Waals surface area (Å²) in [6.07, 6.45) is 4.05. The molecule has 0 bridgehead atoms. The molecule has 2 N–H and O–H groups in total. The first-order valence-electron chi connectivity index (χ1n) is 3.72. The van der Waals surface area contributed by atoms with Gasteiger partial charge in [0.15, 0.2) is 0 Å². The lowest BCUT2D eigenvalue weighted by Crippen LogP contribution is -1.86. The van der Waals surface area contributed by atoms with Crippen LogP contribution in [0.15, 0.2) is 24.3 Å². The van der Waals surface area contributed by atoms with Crippen LogP contribution in [0.25, 0.3) is 6.08 Å². The zero-order chi connectivity index (χ0) is 8.27. The maximum Gasteiger partial charge on any atom is 0.0322 e. The Bertz CT molecular complexity index is 254. The van der Waals surface area contributed by atoms with Gasteiger partial charge in [-0.15, -0.1) is 0 Å². The molecule has 1 rings (SSSR count). The summed E-state index contributed by atoms with van der Waals surface area (Å²) < 4.78 is 0. The zero-order valence-corrected chi connectivity index (χ0v) is 6.96. The van der Waals surface area contributed by atoms with Gasteiger partial charge in [0.1, 0.15) is 0 Å². The molecule has 0 heterocycles. The average molecular weight is 147 g/mol. The molecule has 1 nitrogen and oxygen atoms in total. The minimum absolute atomic E-state index is 0.832. The van der Waals surface area contributed by atoms with E-state index in [1.54, 1.807) is 0 Å². The number of hydrogen-bond acceptors (Lipinski definition) is 1. The van der Waals surface area contributed by atoms with Gasteiger partial charge in [-0.1, -0.05) is 18.2 Å². The van der Waals surface area contributed by atoms with Crippen molar-refractivity contribution in [1.29, 1.82) is 0 Å². The Morgan fingerprint density at radius 1 is 1.27 bits per heavy atom. The van der Waals surface area contributed by atoms with Crippen LogP contribution in [-0.4, -0.2) is 0 Å². The maximum absolute atomic E-state index is 5.66. The largest absolute Gasteiger partial charge is 0.399 e. The van der Waals surface area contributed by atoms with Crippen molar-refractivity contribution >= 4 is 11.8 Å². The van der Waals surface area contributed by atoms with Crippen LogP contribution in [0.5, 0.6) is 0 Å². The molecule has 11 heavy (non-hydrogen) atoms. The molecule has 0 saturated carbocycles. The Balaban J connectivity index is 3.08. The van der Waals surface area contributed by atoms with Crippen molar-refractivity contribution < 1.29 is 0 Å². The molecule has 0 radical (unpaired) electrons. The molecule has 1 heteroatoms. The molecule has 1 aromatic carbocycles. The van der Waals surface area contributed by atoms with Crippen LogP contribution in [0.1, 0.15) is 18.1 Å². The van der Waals surface area contributed by atoms with E-state index in [9.17, 15) is 0 Å². The lowest BCUT2D eigenvalue weighted by molar-refractivity contribution is 1.46. The fourth-order valence-corrected chi connectivity index (χ4v) is 1.13. The summed E-state index contributed by atoms with van der Waals surface area (Å²) in [7, 11) is 0. The monoisotopic (exact) mass is 147 g/mol. The normalized spacial score (nSPS) is 10.7. The third-order valence-corrected chi connectivity index (χ3v) is 1.48. The number of allylic oxidation sites excluding steroid dienone is 1. The summed E-state index contributed by atoms with van der Waals surface area (Å²) in [6, 6.07) is 6.04. The van der Waals surface area contributed by atoms with Gasteiger partial charge in [0.05, 0.1) is 0 Å². The first-order valence-corrected chi connectivity index (χ1v) is 3.72. The Hall–Kier alpha value is -1.24.